The summed E-state index contributed by atoms with van der Waals surface area (Å²) in [5.74, 6) is 1.37. The second-order valence-corrected chi connectivity index (χ2v) is 9.10. The second kappa shape index (κ2) is 12.4. The topological polar surface area (TPSA) is 73.8 Å². The number of nitrogens with one attached hydrogen (secondary N) is 2. The van der Waals surface area contributed by atoms with Crippen LogP contribution in [-0.4, -0.2) is 49.1 Å². The summed E-state index contributed by atoms with van der Waals surface area (Å²) in [6.07, 6.45) is 2.65. The van der Waals surface area contributed by atoms with E-state index in [0.717, 1.165) is 44.5 Å². The van der Waals surface area contributed by atoms with Gasteiger partial charge in [0, 0.05) is 6.42 Å². The van der Waals surface area contributed by atoms with Gasteiger partial charge in [-0.1, -0.05) is 54.6 Å². The normalized spacial score (nSPS) is 15.5. The van der Waals surface area contributed by atoms with Crippen LogP contribution in [-0.2, 0) is 4.79 Å². The molecule has 1 heterocycles. The van der Waals surface area contributed by atoms with Crippen LogP contribution in [0, 0.1) is 0 Å². The summed E-state index contributed by atoms with van der Waals surface area (Å²) in [6, 6.07) is 25.3. The number of hydrogen-bond donors (Lipinski definition) is 3. The lowest BCUT2D eigenvalue weighted by molar-refractivity contribution is -0.117. The fourth-order valence-electron chi connectivity index (χ4n) is 4.66. The van der Waals surface area contributed by atoms with E-state index in [1.54, 1.807) is 6.07 Å². The highest BCUT2D eigenvalue weighted by Gasteiger charge is 2.23. The van der Waals surface area contributed by atoms with Crippen LogP contribution < -0.4 is 15.4 Å². The predicted molar refractivity (Wildman–Crippen MR) is 140 cm³/mol. The molecule has 0 aliphatic carbocycles. The SMILES string of the molecule is CNCCC(Oc1ccccc1NC(=O)CN1CCC(c2cccc(O)c2)CC1)c1ccccc1. The average molecular weight is 474 g/mol. The molecule has 4 rings (SSSR count). The molecule has 0 radical (unpaired) electrons. The first-order chi connectivity index (χ1) is 17.1. The lowest BCUT2D eigenvalue weighted by atomic mass is 9.89. The Bertz CT molecular complexity index is 1080. The van der Waals surface area contributed by atoms with Crippen LogP contribution in [0.2, 0.25) is 0 Å². The van der Waals surface area contributed by atoms with Gasteiger partial charge in [0.25, 0.3) is 0 Å². The van der Waals surface area contributed by atoms with Crippen molar-refractivity contribution < 1.29 is 14.6 Å². The van der Waals surface area contributed by atoms with Crippen molar-refractivity contribution >= 4 is 11.6 Å². The van der Waals surface area contributed by atoms with E-state index < -0.39 is 0 Å². The van der Waals surface area contributed by atoms with Crippen LogP contribution in [0.15, 0.2) is 78.9 Å². The van der Waals surface area contributed by atoms with Crippen LogP contribution in [0.1, 0.15) is 42.4 Å². The number of rotatable bonds is 10. The largest absolute Gasteiger partial charge is 0.508 e. The number of para-hydroxylation sites is 2. The zero-order valence-electron chi connectivity index (χ0n) is 20.3. The summed E-state index contributed by atoms with van der Waals surface area (Å²) in [6.45, 7) is 2.88. The standard InChI is InChI=1S/C29H35N3O3/c1-30-17-14-27(23-8-3-2-4-9-23)35-28-13-6-5-12-26(28)31-29(34)21-32-18-15-22(16-19-32)24-10-7-11-25(33)20-24/h2-13,20,22,27,30,33H,14-19,21H2,1H3,(H,31,34). The van der Waals surface area contributed by atoms with Crippen molar-refractivity contribution in [1.29, 1.82) is 0 Å². The maximum Gasteiger partial charge on any atom is 0.238 e. The molecule has 1 aliphatic rings. The molecule has 1 atom stereocenters. The monoisotopic (exact) mass is 473 g/mol. The summed E-state index contributed by atoms with van der Waals surface area (Å²) >= 11 is 0. The van der Waals surface area contributed by atoms with Gasteiger partial charge in [-0.25, -0.2) is 0 Å². The Hall–Kier alpha value is -3.35. The van der Waals surface area contributed by atoms with Gasteiger partial charge in [-0.3, -0.25) is 9.69 Å². The zero-order chi connectivity index (χ0) is 24.5. The minimum Gasteiger partial charge on any atom is -0.508 e. The van der Waals surface area contributed by atoms with Crippen molar-refractivity contribution in [2.75, 3.05) is 38.5 Å². The molecule has 3 N–H and O–H groups in total. The number of ether oxygens (including phenoxy) is 1. The van der Waals surface area contributed by atoms with Crippen LogP contribution in [0.5, 0.6) is 11.5 Å². The molecule has 3 aromatic carbocycles. The number of aromatic hydroxyl groups is 1. The van der Waals surface area contributed by atoms with Gasteiger partial charge in [-0.05, 0) is 80.8 Å². The molecule has 6 nitrogen and oxygen atoms in total. The maximum atomic E-state index is 12.9. The molecule has 0 saturated carbocycles. The van der Waals surface area contributed by atoms with Crippen molar-refractivity contribution in [2.45, 2.75) is 31.3 Å². The number of carbonyl (C=O) groups is 1. The first-order valence-corrected chi connectivity index (χ1v) is 12.4. The summed E-state index contributed by atoms with van der Waals surface area (Å²) in [5.41, 5.74) is 2.97. The van der Waals surface area contributed by atoms with Crippen LogP contribution in [0.25, 0.3) is 0 Å². The van der Waals surface area contributed by atoms with Crippen molar-refractivity contribution in [3.8, 4) is 11.5 Å². The fourth-order valence-corrected chi connectivity index (χ4v) is 4.66. The molecule has 3 aromatic rings. The zero-order valence-corrected chi connectivity index (χ0v) is 20.3. The van der Waals surface area contributed by atoms with Gasteiger partial charge in [0.05, 0.1) is 12.2 Å². The molecule has 1 fully saturated rings. The third-order valence-corrected chi connectivity index (χ3v) is 6.55. The molecule has 184 valence electrons. The van der Waals surface area contributed by atoms with Crippen LogP contribution in [0.3, 0.4) is 0 Å². The Morgan fingerprint density at radius 3 is 2.51 bits per heavy atom. The highest BCUT2D eigenvalue weighted by atomic mass is 16.5. The summed E-state index contributed by atoms with van der Waals surface area (Å²) in [7, 11) is 1.93. The van der Waals surface area contributed by atoms with Crippen LogP contribution in [0.4, 0.5) is 5.69 Å². The van der Waals surface area contributed by atoms with Crippen molar-refractivity contribution in [3.63, 3.8) is 0 Å². The number of hydrogen-bond acceptors (Lipinski definition) is 5. The highest BCUT2D eigenvalue weighted by Crippen LogP contribution is 2.32. The van der Waals surface area contributed by atoms with E-state index in [0.29, 0.717) is 29.6 Å². The number of phenols is 1. The fraction of sp³-hybridized carbons (Fsp3) is 0.345. The molecular formula is C29H35N3O3. The van der Waals surface area contributed by atoms with Crippen molar-refractivity contribution in [1.82, 2.24) is 10.2 Å². The molecule has 1 aliphatic heterocycles. The number of piperidine rings is 1. The summed E-state index contributed by atoms with van der Waals surface area (Å²) in [4.78, 5) is 15.1. The first-order valence-electron chi connectivity index (χ1n) is 12.4. The van der Waals surface area contributed by atoms with Gasteiger partial charge >= 0.3 is 0 Å². The van der Waals surface area contributed by atoms with E-state index in [2.05, 4.69) is 33.7 Å². The van der Waals surface area contributed by atoms with E-state index in [9.17, 15) is 9.90 Å². The number of carbonyl (C=O) groups excluding carboxylic acids is 1. The Morgan fingerprint density at radius 2 is 1.77 bits per heavy atom. The average Bonchev–Trinajstić information content (AvgIpc) is 2.88. The number of benzene rings is 3. The highest BCUT2D eigenvalue weighted by molar-refractivity contribution is 5.93. The molecule has 1 saturated heterocycles. The van der Waals surface area contributed by atoms with Gasteiger partial charge in [-0.2, -0.15) is 0 Å². The minimum atomic E-state index is -0.113. The molecule has 6 heteroatoms. The quantitative estimate of drug-likeness (QED) is 0.389. The maximum absolute atomic E-state index is 12.9. The van der Waals surface area contributed by atoms with Gasteiger partial charge in [0.1, 0.15) is 17.6 Å². The number of likely N-dealkylation sites (tertiary alicyclic amines) is 1. The lowest BCUT2D eigenvalue weighted by Gasteiger charge is -2.31. The number of nitrogens with zero attached hydrogens (tertiary/aromatic N) is 1. The molecule has 1 unspecified atom stereocenters. The smallest absolute Gasteiger partial charge is 0.238 e. The van der Waals surface area contributed by atoms with E-state index in [1.165, 1.54) is 5.56 Å². The Labute approximate surface area is 207 Å². The molecule has 35 heavy (non-hydrogen) atoms. The Balaban J connectivity index is 1.34. The summed E-state index contributed by atoms with van der Waals surface area (Å²) in [5, 5.41) is 16.0. The van der Waals surface area contributed by atoms with Gasteiger partial charge in [-0.15, -0.1) is 0 Å². The van der Waals surface area contributed by atoms with Gasteiger partial charge < -0.3 is 20.5 Å². The minimum absolute atomic E-state index is 0.0386. The number of anilines is 1. The lowest BCUT2D eigenvalue weighted by Crippen LogP contribution is -2.38. The Morgan fingerprint density at radius 1 is 1.03 bits per heavy atom. The van der Waals surface area contributed by atoms with E-state index in [1.807, 2.05) is 61.6 Å². The van der Waals surface area contributed by atoms with E-state index in [4.69, 9.17) is 4.74 Å². The molecular weight excluding hydrogens is 438 g/mol. The van der Waals surface area contributed by atoms with Crippen molar-refractivity contribution in [2.24, 2.45) is 0 Å². The molecule has 1 amide bonds. The Kier molecular flexibility index (Phi) is 8.76. The molecule has 0 spiro atoms. The molecule has 0 aromatic heterocycles. The number of amides is 1. The van der Waals surface area contributed by atoms with Crippen molar-refractivity contribution in [3.05, 3.63) is 90.0 Å². The van der Waals surface area contributed by atoms with E-state index >= 15 is 0 Å². The predicted octanol–water partition coefficient (Wildman–Crippen LogP) is 4.94. The third kappa shape index (κ3) is 7.07. The first kappa shape index (κ1) is 24.8. The van der Waals surface area contributed by atoms with Gasteiger partial charge in [0.15, 0.2) is 0 Å². The summed E-state index contributed by atoms with van der Waals surface area (Å²) < 4.78 is 6.41. The second-order valence-electron chi connectivity index (χ2n) is 9.10. The van der Waals surface area contributed by atoms with E-state index in [-0.39, 0.29) is 12.0 Å². The van der Waals surface area contributed by atoms with Crippen LogP contribution >= 0.6 is 0 Å². The van der Waals surface area contributed by atoms with Gasteiger partial charge in [0.2, 0.25) is 5.91 Å². The number of phenolic OH excluding ortho intramolecular Hbond substituents is 1. The third-order valence-electron chi connectivity index (χ3n) is 6.55. The molecule has 0 bridgehead atoms.